The molecular formula is C26H26ClF3N6O. The number of pyridine rings is 1. The van der Waals surface area contributed by atoms with Crippen LogP contribution in [0.25, 0.3) is 11.3 Å². The number of hydrogen-bond acceptors (Lipinski definition) is 4. The number of rotatable bonds is 3. The predicted octanol–water partition coefficient (Wildman–Crippen LogP) is 5.34. The molecule has 2 amide bonds. The summed E-state index contributed by atoms with van der Waals surface area (Å²) in [6, 6.07) is 10.3. The number of carbonyl (C=O) groups excluding carboxylic acids is 1. The molecule has 4 heterocycles. The molecule has 0 bridgehead atoms. The van der Waals surface area contributed by atoms with Crippen LogP contribution in [0.15, 0.2) is 42.6 Å². The Labute approximate surface area is 216 Å². The molecule has 1 saturated carbocycles. The van der Waals surface area contributed by atoms with Crippen LogP contribution < -0.4 is 11.1 Å². The lowest BCUT2D eigenvalue weighted by Gasteiger charge is -2.44. The fourth-order valence-corrected chi connectivity index (χ4v) is 6.35. The van der Waals surface area contributed by atoms with Gasteiger partial charge in [0.05, 0.1) is 16.8 Å². The molecule has 1 spiro atoms. The largest absolute Gasteiger partial charge is 0.419 e. The van der Waals surface area contributed by atoms with Gasteiger partial charge in [-0.25, -0.2) is 9.78 Å². The highest BCUT2D eigenvalue weighted by Gasteiger charge is 2.49. The summed E-state index contributed by atoms with van der Waals surface area (Å²) in [7, 11) is 0. The topological polar surface area (TPSA) is 89.1 Å². The maximum absolute atomic E-state index is 13.4. The Kier molecular flexibility index (Phi) is 5.45. The highest BCUT2D eigenvalue weighted by atomic mass is 35.5. The Balaban J connectivity index is 1.22. The molecule has 0 radical (unpaired) electrons. The number of aryl methyl sites for hydroxylation is 1. The number of alkyl halides is 3. The standard InChI is InChI=1S/C26H26ClF3N6O/c27-19-5-2-1-4-17(19)25(6-3-7-25)33-23(37)35-10-8-24(15-35)9-11-36-21(24)13-20(34-36)16-12-18(26(28,29)30)22(31)32-14-16/h1-2,4-5,12-14H,3,6-11,15H2,(H2,31,32)(H,33,37)/t24-/m1/s1. The van der Waals surface area contributed by atoms with E-state index in [1.54, 1.807) is 0 Å². The molecule has 3 aliphatic rings. The van der Waals surface area contributed by atoms with Gasteiger partial charge in [-0.15, -0.1) is 0 Å². The van der Waals surface area contributed by atoms with Crippen LogP contribution in [0.2, 0.25) is 5.02 Å². The van der Waals surface area contributed by atoms with E-state index in [-0.39, 0.29) is 17.0 Å². The van der Waals surface area contributed by atoms with Gasteiger partial charge in [-0.3, -0.25) is 4.68 Å². The molecule has 2 aromatic heterocycles. The molecular weight excluding hydrogens is 505 g/mol. The van der Waals surface area contributed by atoms with Gasteiger partial charge in [-0.2, -0.15) is 18.3 Å². The number of urea groups is 1. The summed E-state index contributed by atoms with van der Waals surface area (Å²) in [5.41, 5.74) is 6.32. The zero-order chi connectivity index (χ0) is 26.0. The molecule has 1 saturated heterocycles. The number of nitrogens with zero attached hydrogens (tertiary/aromatic N) is 4. The second kappa shape index (κ2) is 8.37. The number of nitrogens with one attached hydrogen (secondary N) is 1. The first-order chi connectivity index (χ1) is 17.6. The third kappa shape index (κ3) is 3.93. The SMILES string of the molecule is Nc1ncc(-c2cc3n(n2)CC[C@@]32CCN(C(=O)NC3(c4ccccc4Cl)CCC3)C2)cc1C(F)(F)F. The van der Waals surface area contributed by atoms with E-state index in [0.717, 1.165) is 49.4 Å². The summed E-state index contributed by atoms with van der Waals surface area (Å²) < 4.78 is 41.9. The van der Waals surface area contributed by atoms with Gasteiger partial charge in [-0.05, 0) is 55.9 Å². The van der Waals surface area contributed by atoms with E-state index in [9.17, 15) is 18.0 Å². The average molecular weight is 531 g/mol. The summed E-state index contributed by atoms with van der Waals surface area (Å²) in [6.45, 7) is 1.76. The Hall–Kier alpha value is -3.27. The number of nitrogens with two attached hydrogens (primary N) is 1. The molecule has 194 valence electrons. The van der Waals surface area contributed by atoms with E-state index in [4.69, 9.17) is 17.3 Å². The quantitative estimate of drug-likeness (QED) is 0.478. The van der Waals surface area contributed by atoms with Crippen LogP contribution in [0, 0.1) is 0 Å². The number of amides is 2. The summed E-state index contributed by atoms with van der Waals surface area (Å²) in [5.74, 6) is -0.557. The molecule has 2 aliphatic heterocycles. The van der Waals surface area contributed by atoms with Crippen LogP contribution in [0.4, 0.5) is 23.8 Å². The summed E-state index contributed by atoms with van der Waals surface area (Å²) in [4.78, 5) is 19.0. The maximum Gasteiger partial charge on any atom is 0.419 e. The molecule has 3 N–H and O–H groups in total. The highest BCUT2D eigenvalue weighted by molar-refractivity contribution is 6.31. The first kappa shape index (κ1) is 24.1. The number of nitrogen functional groups attached to an aromatic ring is 1. The van der Waals surface area contributed by atoms with Crippen LogP contribution >= 0.6 is 11.6 Å². The van der Waals surface area contributed by atoms with Crippen LogP contribution in [0.1, 0.15) is 48.9 Å². The molecule has 3 aromatic rings. The number of halogens is 4. The summed E-state index contributed by atoms with van der Waals surface area (Å²) in [6.07, 6.45) is 1.00. The minimum absolute atomic E-state index is 0.118. The fraction of sp³-hybridized carbons (Fsp3) is 0.423. The van der Waals surface area contributed by atoms with Crippen molar-refractivity contribution in [3.63, 3.8) is 0 Å². The Bertz CT molecular complexity index is 1380. The average Bonchev–Trinajstić information content (AvgIpc) is 3.53. The molecule has 6 rings (SSSR count). The number of fused-ring (bicyclic) bond motifs is 2. The van der Waals surface area contributed by atoms with Crippen molar-refractivity contribution in [3.05, 3.63) is 64.4 Å². The van der Waals surface area contributed by atoms with Gasteiger partial charge in [0.2, 0.25) is 0 Å². The number of benzene rings is 1. The first-order valence-electron chi connectivity index (χ1n) is 12.3. The van der Waals surface area contributed by atoms with E-state index in [0.29, 0.717) is 30.4 Å². The van der Waals surface area contributed by atoms with Crippen molar-refractivity contribution < 1.29 is 18.0 Å². The number of hydrogen-bond donors (Lipinski definition) is 2. The minimum Gasteiger partial charge on any atom is -0.383 e. The van der Waals surface area contributed by atoms with E-state index in [2.05, 4.69) is 15.4 Å². The van der Waals surface area contributed by atoms with Crippen molar-refractivity contribution >= 4 is 23.4 Å². The van der Waals surface area contributed by atoms with E-state index in [1.165, 1.54) is 6.20 Å². The summed E-state index contributed by atoms with van der Waals surface area (Å²) >= 11 is 6.47. The third-order valence-electron chi connectivity index (χ3n) is 8.23. The Morgan fingerprint density at radius 2 is 1.86 bits per heavy atom. The Morgan fingerprint density at radius 1 is 1.11 bits per heavy atom. The van der Waals surface area contributed by atoms with Crippen molar-refractivity contribution in [3.8, 4) is 11.3 Å². The second-order valence-corrected chi connectivity index (χ2v) is 10.7. The molecule has 1 atom stereocenters. The normalized spacial score (nSPS) is 22.2. The van der Waals surface area contributed by atoms with Gasteiger partial charge in [-0.1, -0.05) is 29.8 Å². The van der Waals surface area contributed by atoms with Crippen molar-refractivity contribution in [1.82, 2.24) is 25.0 Å². The van der Waals surface area contributed by atoms with Gasteiger partial charge in [0, 0.05) is 47.5 Å². The fourth-order valence-electron chi connectivity index (χ4n) is 6.03. The number of aromatic nitrogens is 3. The van der Waals surface area contributed by atoms with Crippen molar-refractivity contribution in [2.75, 3.05) is 18.8 Å². The van der Waals surface area contributed by atoms with Crippen LogP contribution in [0.5, 0.6) is 0 Å². The lowest BCUT2D eigenvalue weighted by Crippen LogP contribution is -2.55. The molecule has 7 nitrogen and oxygen atoms in total. The zero-order valence-electron chi connectivity index (χ0n) is 20.0. The van der Waals surface area contributed by atoms with Crippen LogP contribution in [0.3, 0.4) is 0 Å². The lowest BCUT2D eigenvalue weighted by atomic mass is 9.72. The smallest absolute Gasteiger partial charge is 0.383 e. The molecule has 1 aliphatic carbocycles. The minimum atomic E-state index is -4.60. The van der Waals surface area contributed by atoms with Crippen LogP contribution in [-0.2, 0) is 23.7 Å². The van der Waals surface area contributed by atoms with Gasteiger partial charge < -0.3 is 16.0 Å². The van der Waals surface area contributed by atoms with Crippen LogP contribution in [-0.4, -0.2) is 38.8 Å². The van der Waals surface area contributed by atoms with Crippen molar-refractivity contribution in [2.45, 2.75) is 55.8 Å². The molecule has 37 heavy (non-hydrogen) atoms. The van der Waals surface area contributed by atoms with Gasteiger partial charge in [0.1, 0.15) is 5.82 Å². The van der Waals surface area contributed by atoms with Crippen molar-refractivity contribution in [1.29, 1.82) is 0 Å². The van der Waals surface area contributed by atoms with E-state index >= 15 is 0 Å². The number of likely N-dealkylation sites (tertiary alicyclic amines) is 1. The van der Waals surface area contributed by atoms with E-state index < -0.39 is 23.1 Å². The molecule has 2 fully saturated rings. The molecule has 11 heteroatoms. The maximum atomic E-state index is 13.4. The number of anilines is 1. The van der Waals surface area contributed by atoms with E-state index in [1.807, 2.05) is 39.9 Å². The summed E-state index contributed by atoms with van der Waals surface area (Å²) in [5, 5.41) is 8.49. The van der Waals surface area contributed by atoms with Gasteiger partial charge >= 0.3 is 12.2 Å². The van der Waals surface area contributed by atoms with Crippen molar-refractivity contribution in [2.24, 2.45) is 0 Å². The lowest BCUT2D eigenvalue weighted by molar-refractivity contribution is -0.137. The predicted molar refractivity (Wildman–Crippen MR) is 133 cm³/mol. The van der Waals surface area contributed by atoms with Gasteiger partial charge in [0.25, 0.3) is 0 Å². The zero-order valence-corrected chi connectivity index (χ0v) is 20.7. The monoisotopic (exact) mass is 530 g/mol. The molecule has 1 aromatic carbocycles. The highest BCUT2D eigenvalue weighted by Crippen LogP contribution is 2.46. The molecule has 0 unspecified atom stereocenters. The van der Waals surface area contributed by atoms with Gasteiger partial charge in [0.15, 0.2) is 0 Å². The second-order valence-electron chi connectivity index (χ2n) is 10.3. The number of carbonyl (C=O) groups is 1. The third-order valence-corrected chi connectivity index (χ3v) is 8.56. The Morgan fingerprint density at radius 3 is 2.57 bits per heavy atom. The first-order valence-corrected chi connectivity index (χ1v) is 12.7.